The number of hydrogen-bond donors (Lipinski definition) is 0. The quantitative estimate of drug-likeness (QED) is 0.418. The minimum atomic E-state index is -3.58. The number of hydrogen-bond acceptors (Lipinski definition) is 7. The Bertz CT molecular complexity index is 1260. The van der Waals surface area contributed by atoms with Crippen LogP contribution >= 0.6 is 34.3 Å². The number of benzene rings is 1. The molecule has 1 aliphatic heterocycles. The summed E-state index contributed by atoms with van der Waals surface area (Å²) in [5, 5.41) is 0.714. The molecule has 0 unspecified atom stereocenters. The lowest BCUT2D eigenvalue weighted by molar-refractivity contribution is -0.123. The SMILES string of the molecule is CCc1cccc2sc(N(CCN(C)C)C(=O)C3CCN(S(=O)(=O)c4ccc(Cl)s4)CC3)nc12. The van der Waals surface area contributed by atoms with Gasteiger partial charge in [0.25, 0.3) is 10.0 Å². The standard InChI is InChI=1S/C23H29ClN4O3S3/c1-4-16-6-5-7-18-21(16)25-23(32-18)28(15-14-26(2)3)22(29)17-10-12-27(13-11-17)34(30,31)20-9-8-19(24)33-20/h5-9,17H,4,10-15H2,1-3H3. The van der Waals surface area contributed by atoms with Crippen molar-refractivity contribution in [3.63, 3.8) is 0 Å². The Morgan fingerprint density at radius 1 is 1.15 bits per heavy atom. The van der Waals surface area contributed by atoms with Crippen molar-refractivity contribution in [3.8, 4) is 0 Å². The maximum atomic E-state index is 13.7. The molecular weight excluding hydrogens is 512 g/mol. The zero-order chi connectivity index (χ0) is 24.5. The Labute approximate surface area is 214 Å². The number of carbonyl (C=O) groups is 1. The molecule has 1 aliphatic rings. The van der Waals surface area contributed by atoms with Gasteiger partial charge in [0.1, 0.15) is 4.21 Å². The summed E-state index contributed by atoms with van der Waals surface area (Å²) in [7, 11) is 0.381. The maximum Gasteiger partial charge on any atom is 0.252 e. The van der Waals surface area contributed by atoms with Crippen LogP contribution in [0, 0.1) is 5.92 Å². The van der Waals surface area contributed by atoms with E-state index in [1.165, 1.54) is 9.87 Å². The molecular formula is C23H29ClN4O3S3. The molecule has 7 nitrogen and oxygen atoms in total. The largest absolute Gasteiger partial charge is 0.308 e. The van der Waals surface area contributed by atoms with Gasteiger partial charge in [-0.2, -0.15) is 4.31 Å². The minimum Gasteiger partial charge on any atom is -0.308 e. The van der Waals surface area contributed by atoms with Crippen LogP contribution in [0.2, 0.25) is 4.34 Å². The van der Waals surface area contributed by atoms with Crippen molar-refractivity contribution in [2.75, 3.05) is 45.2 Å². The summed E-state index contributed by atoms with van der Waals surface area (Å²) < 4.78 is 29.1. The lowest BCUT2D eigenvalue weighted by Gasteiger charge is -2.33. The molecule has 0 radical (unpaired) electrons. The van der Waals surface area contributed by atoms with Crippen molar-refractivity contribution in [3.05, 3.63) is 40.2 Å². The van der Waals surface area contributed by atoms with Crippen LogP contribution < -0.4 is 4.90 Å². The van der Waals surface area contributed by atoms with Gasteiger partial charge in [-0.25, -0.2) is 13.4 Å². The number of aryl methyl sites for hydroxylation is 1. The van der Waals surface area contributed by atoms with Gasteiger partial charge in [0.15, 0.2) is 5.13 Å². The number of thiophene rings is 1. The van der Waals surface area contributed by atoms with Gasteiger partial charge >= 0.3 is 0 Å². The number of nitrogens with zero attached hydrogens (tertiary/aromatic N) is 4. The third-order valence-corrected chi connectivity index (χ3v) is 10.7. The molecule has 0 atom stereocenters. The van der Waals surface area contributed by atoms with Gasteiger partial charge in [-0.3, -0.25) is 9.69 Å². The van der Waals surface area contributed by atoms with E-state index in [9.17, 15) is 13.2 Å². The molecule has 3 aromatic rings. The van der Waals surface area contributed by atoms with Crippen LogP contribution in [0.25, 0.3) is 10.2 Å². The van der Waals surface area contributed by atoms with Crippen molar-refractivity contribution in [1.82, 2.24) is 14.2 Å². The topological polar surface area (TPSA) is 73.8 Å². The van der Waals surface area contributed by atoms with Gasteiger partial charge in [0, 0.05) is 32.1 Å². The van der Waals surface area contributed by atoms with Crippen LogP contribution in [0.1, 0.15) is 25.3 Å². The molecule has 34 heavy (non-hydrogen) atoms. The predicted molar refractivity (Wildman–Crippen MR) is 141 cm³/mol. The second kappa shape index (κ2) is 10.6. The van der Waals surface area contributed by atoms with Crippen LogP contribution in [0.4, 0.5) is 5.13 Å². The number of para-hydroxylation sites is 1. The van der Waals surface area contributed by atoms with Crippen molar-refractivity contribution in [1.29, 1.82) is 0 Å². The summed E-state index contributed by atoms with van der Waals surface area (Å²) in [5.74, 6) is -0.214. The highest BCUT2D eigenvalue weighted by molar-refractivity contribution is 7.91. The highest BCUT2D eigenvalue weighted by Crippen LogP contribution is 2.34. The molecule has 184 valence electrons. The molecule has 4 rings (SSSR count). The Balaban J connectivity index is 1.53. The van der Waals surface area contributed by atoms with Gasteiger partial charge in [0.05, 0.1) is 14.6 Å². The van der Waals surface area contributed by atoms with Crippen LogP contribution in [-0.2, 0) is 21.2 Å². The van der Waals surface area contributed by atoms with Gasteiger partial charge < -0.3 is 4.90 Å². The number of thiazole rings is 1. The number of sulfonamides is 1. The summed E-state index contributed by atoms with van der Waals surface area (Å²) in [5.41, 5.74) is 2.13. The number of anilines is 1. The Morgan fingerprint density at radius 3 is 2.50 bits per heavy atom. The zero-order valence-corrected chi connectivity index (χ0v) is 22.7. The number of halogens is 1. The molecule has 0 saturated carbocycles. The summed E-state index contributed by atoms with van der Waals surface area (Å²) >= 11 is 8.54. The molecule has 1 fully saturated rings. The van der Waals surface area contributed by atoms with Crippen molar-refractivity contribution < 1.29 is 13.2 Å². The van der Waals surface area contributed by atoms with E-state index in [1.54, 1.807) is 28.4 Å². The first-order valence-electron chi connectivity index (χ1n) is 11.3. The lowest BCUT2D eigenvalue weighted by atomic mass is 9.96. The molecule has 1 saturated heterocycles. The molecule has 2 aromatic heterocycles. The van der Waals surface area contributed by atoms with Crippen LogP contribution in [0.15, 0.2) is 34.5 Å². The van der Waals surface area contributed by atoms with E-state index < -0.39 is 10.0 Å². The molecule has 0 aliphatic carbocycles. The van der Waals surface area contributed by atoms with E-state index >= 15 is 0 Å². The number of fused-ring (bicyclic) bond motifs is 1. The van der Waals surface area contributed by atoms with Gasteiger partial charge in [-0.15, -0.1) is 11.3 Å². The first-order valence-corrected chi connectivity index (χ1v) is 14.8. The van der Waals surface area contributed by atoms with Gasteiger partial charge in [-0.05, 0) is 57.1 Å². The molecule has 11 heteroatoms. The third-order valence-electron chi connectivity index (χ3n) is 6.09. The van der Waals surface area contributed by atoms with E-state index in [0.29, 0.717) is 48.5 Å². The van der Waals surface area contributed by atoms with Crippen molar-refractivity contribution in [2.45, 2.75) is 30.4 Å². The smallest absolute Gasteiger partial charge is 0.252 e. The summed E-state index contributed by atoms with van der Waals surface area (Å²) in [4.78, 5) is 22.4. The van der Waals surface area contributed by atoms with E-state index in [2.05, 4.69) is 13.0 Å². The summed E-state index contributed by atoms with van der Waals surface area (Å²) in [6.07, 6.45) is 1.86. The fourth-order valence-corrected chi connectivity index (χ4v) is 8.27. The number of piperidine rings is 1. The molecule has 1 aromatic carbocycles. The predicted octanol–water partition coefficient (Wildman–Crippen LogP) is 4.57. The second-order valence-corrected chi connectivity index (χ2v) is 13.5. The van der Waals surface area contributed by atoms with Crippen LogP contribution in [0.5, 0.6) is 0 Å². The Kier molecular flexibility index (Phi) is 7.95. The normalized spacial score (nSPS) is 15.9. The third kappa shape index (κ3) is 5.32. The van der Waals surface area contributed by atoms with E-state index in [4.69, 9.17) is 16.6 Å². The Morgan fingerprint density at radius 2 is 1.88 bits per heavy atom. The number of aromatic nitrogens is 1. The summed E-state index contributed by atoms with van der Waals surface area (Å²) in [6.45, 7) is 3.99. The van der Waals surface area contributed by atoms with Crippen LogP contribution in [-0.4, -0.2) is 68.8 Å². The molecule has 0 spiro atoms. The zero-order valence-electron chi connectivity index (χ0n) is 19.5. The van der Waals surface area contributed by atoms with Crippen LogP contribution in [0.3, 0.4) is 0 Å². The van der Waals surface area contributed by atoms with E-state index in [0.717, 1.165) is 28.0 Å². The Hall–Kier alpha value is -1.56. The number of rotatable bonds is 8. The average Bonchev–Trinajstić information content (AvgIpc) is 3.45. The minimum absolute atomic E-state index is 0.0233. The average molecular weight is 541 g/mol. The fraction of sp³-hybridized carbons (Fsp3) is 0.478. The molecule has 0 N–H and O–H groups in total. The maximum absolute atomic E-state index is 13.7. The van der Waals surface area contributed by atoms with E-state index in [1.807, 2.05) is 31.1 Å². The molecule has 0 bridgehead atoms. The van der Waals surface area contributed by atoms with E-state index in [-0.39, 0.29) is 16.0 Å². The highest BCUT2D eigenvalue weighted by Gasteiger charge is 2.35. The van der Waals surface area contributed by atoms with Crippen molar-refractivity contribution >= 4 is 65.6 Å². The molecule has 1 amide bonds. The summed E-state index contributed by atoms with van der Waals surface area (Å²) in [6, 6.07) is 9.30. The lowest BCUT2D eigenvalue weighted by Crippen LogP contribution is -2.45. The first-order chi connectivity index (χ1) is 16.2. The highest BCUT2D eigenvalue weighted by atomic mass is 35.5. The number of amides is 1. The second-order valence-electron chi connectivity index (χ2n) is 8.64. The monoisotopic (exact) mass is 540 g/mol. The fourth-order valence-electron chi connectivity index (χ4n) is 4.12. The number of carbonyl (C=O) groups excluding carboxylic acids is 1. The van der Waals surface area contributed by atoms with Gasteiger partial charge in [-0.1, -0.05) is 42.0 Å². The molecule has 3 heterocycles. The first kappa shape index (κ1) is 25.5. The number of likely N-dealkylation sites (N-methyl/N-ethyl adjacent to an activating group) is 1. The van der Waals surface area contributed by atoms with Gasteiger partial charge in [0.2, 0.25) is 5.91 Å². The van der Waals surface area contributed by atoms with Crippen molar-refractivity contribution in [2.24, 2.45) is 5.92 Å².